The predicted molar refractivity (Wildman–Crippen MR) is 93.4 cm³/mol. The van der Waals surface area contributed by atoms with Crippen molar-refractivity contribution >= 4 is 5.69 Å². The van der Waals surface area contributed by atoms with E-state index in [0.29, 0.717) is 11.5 Å². The van der Waals surface area contributed by atoms with Crippen molar-refractivity contribution in [1.82, 2.24) is 0 Å². The average molecular weight is 329 g/mol. The molecule has 0 radical (unpaired) electrons. The third-order valence-electron chi connectivity index (χ3n) is 4.69. The summed E-state index contributed by atoms with van der Waals surface area (Å²) >= 11 is 0. The molecule has 5 heteroatoms. The number of rotatable bonds is 4. The second kappa shape index (κ2) is 6.51. The number of methoxy groups -OCH3 is 2. The second-order valence-electron chi connectivity index (χ2n) is 6.06. The van der Waals surface area contributed by atoms with Gasteiger partial charge in [0.1, 0.15) is 0 Å². The minimum atomic E-state index is 0.0788. The van der Waals surface area contributed by atoms with Crippen molar-refractivity contribution in [3.63, 3.8) is 0 Å². The predicted octanol–water partition coefficient (Wildman–Crippen LogP) is 3.63. The van der Waals surface area contributed by atoms with Crippen LogP contribution in [-0.4, -0.2) is 31.0 Å². The molecule has 1 aliphatic rings. The summed E-state index contributed by atoms with van der Waals surface area (Å²) in [7, 11) is 3.09. The van der Waals surface area contributed by atoms with Crippen LogP contribution in [0.5, 0.6) is 23.0 Å². The molecule has 2 N–H and O–H groups in total. The van der Waals surface area contributed by atoms with Crippen molar-refractivity contribution in [3.05, 3.63) is 41.5 Å². The first-order valence-corrected chi connectivity index (χ1v) is 8.08. The SMILES string of the molecule is COc1ccc(C(C)N2CCCc3cc(O)c(OC)cc32)cc1O. The quantitative estimate of drug-likeness (QED) is 0.897. The molecule has 0 aromatic heterocycles. The van der Waals surface area contributed by atoms with Gasteiger partial charge in [0.2, 0.25) is 0 Å². The molecule has 1 heterocycles. The molecule has 0 spiro atoms. The van der Waals surface area contributed by atoms with Crippen LogP contribution < -0.4 is 14.4 Å². The van der Waals surface area contributed by atoms with Crippen molar-refractivity contribution in [2.24, 2.45) is 0 Å². The highest BCUT2D eigenvalue weighted by Gasteiger charge is 2.25. The molecule has 1 unspecified atom stereocenters. The van der Waals surface area contributed by atoms with E-state index in [1.165, 1.54) is 7.11 Å². The summed E-state index contributed by atoms with van der Waals surface area (Å²) in [5, 5.41) is 20.1. The Kier molecular flexibility index (Phi) is 4.42. The molecule has 2 aromatic carbocycles. The van der Waals surface area contributed by atoms with E-state index in [-0.39, 0.29) is 17.5 Å². The standard InChI is InChI=1S/C19H23NO4/c1-12(13-6-7-18(23-2)16(21)9-13)20-8-4-5-14-10-17(22)19(24-3)11-15(14)20/h6-7,9-12,21-22H,4-5,8H2,1-3H3. The summed E-state index contributed by atoms with van der Waals surface area (Å²) in [5.74, 6) is 1.26. The van der Waals surface area contributed by atoms with Gasteiger partial charge in [0.25, 0.3) is 0 Å². The minimum Gasteiger partial charge on any atom is -0.504 e. The van der Waals surface area contributed by atoms with E-state index in [0.717, 1.165) is 36.2 Å². The summed E-state index contributed by atoms with van der Waals surface area (Å²) in [5.41, 5.74) is 3.19. The zero-order chi connectivity index (χ0) is 17.3. The fraction of sp³-hybridized carbons (Fsp3) is 0.368. The highest BCUT2D eigenvalue weighted by molar-refractivity contribution is 5.64. The van der Waals surface area contributed by atoms with Crippen LogP contribution in [0.25, 0.3) is 0 Å². The number of anilines is 1. The van der Waals surface area contributed by atoms with Crippen LogP contribution in [0.2, 0.25) is 0 Å². The van der Waals surface area contributed by atoms with E-state index in [1.54, 1.807) is 25.3 Å². The second-order valence-corrected chi connectivity index (χ2v) is 6.06. The number of phenolic OH excluding ortho intramolecular Hbond substituents is 2. The lowest BCUT2D eigenvalue weighted by atomic mass is 9.97. The maximum absolute atomic E-state index is 10.1. The molecule has 5 nitrogen and oxygen atoms in total. The molecule has 0 saturated carbocycles. The first-order chi connectivity index (χ1) is 11.5. The van der Waals surface area contributed by atoms with E-state index in [4.69, 9.17) is 9.47 Å². The van der Waals surface area contributed by atoms with Crippen molar-refractivity contribution in [3.8, 4) is 23.0 Å². The van der Waals surface area contributed by atoms with Gasteiger partial charge in [0, 0.05) is 18.3 Å². The van der Waals surface area contributed by atoms with Crippen LogP contribution in [0.4, 0.5) is 5.69 Å². The fourth-order valence-corrected chi connectivity index (χ4v) is 3.34. The molecule has 0 fully saturated rings. The van der Waals surface area contributed by atoms with E-state index in [1.807, 2.05) is 12.1 Å². The van der Waals surface area contributed by atoms with E-state index in [9.17, 15) is 10.2 Å². The highest BCUT2D eigenvalue weighted by Crippen LogP contribution is 2.41. The monoisotopic (exact) mass is 329 g/mol. The molecule has 3 rings (SSSR count). The molecule has 1 aliphatic heterocycles. The minimum absolute atomic E-state index is 0.0788. The summed E-state index contributed by atoms with van der Waals surface area (Å²) in [6.45, 7) is 3.02. The molecule has 1 atom stereocenters. The highest BCUT2D eigenvalue weighted by atomic mass is 16.5. The van der Waals surface area contributed by atoms with Crippen molar-refractivity contribution < 1.29 is 19.7 Å². The van der Waals surface area contributed by atoms with Crippen LogP contribution in [0.1, 0.15) is 30.5 Å². The number of hydrogen-bond acceptors (Lipinski definition) is 5. The number of nitrogens with zero attached hydrogens (tertiary/aromatic N) is 1. The van der Waals surface area contributed by atoms with Gasteiger partial charge in [-0.1, -0.05) is 6.07 Å². The Balaban J connectivity index is 1.97. The number of aromatic hydroxyl groups is 2. The van der Waals surface area contributed by atoms with Crippen LogP contribution >= 0.6 is 0 Å². The Morgan fingerprint density at radius 1 is 1.00 bits per heavy atom. The first kappa shape index (κ1) is 16.3. The van der Waals surface area contributed by atoms with Crippen molar-refractivity contribution in [1.29, 1.82) is 0 Å². The number of ether oxygens (including phenoxy) is 2. The molecule has 0 aliphatic carbocycles. The summed E-state index contributed by atoms with van der Waals surface area (Å²) < 4.78 is 10.4. The number of benzene rings is 2. The number of fused-ring (bicyclic) bond motifs is 1. The van der Waals surface area contributed by atoms with E-state index < -0.39 is 0 Å². The smallest absolute Gasteiger partial charge is 0.162 e. The van der Waals surface area contributed by atoms with Crippen LogP contribution in [0.15, 0.2) is 30.3 Å². The lowest BCUT2D eigenvalue weighted by Crippen LogP contribution is -2.32. The average Bonchev–Trinajstić information content (AvgIpc) is 2.59. The van der Waals surface area contributed by atoms with Crippen LogP contribution in [-0.2, 0) is 6.42 Å². The summed E-state index contributed by atoms with van der Waals surface area (Å²) in [4.78, 5) is 2.28. The Hall–Kier alpha value is -2.56. The molecular formula is C19H23NO4. The summed E-state index contributed by atoms with van der Waals surface area (Å²) in [6, 6.07) is 9.26. The molecule has 0 bridgehead atoms. The zero-order valence-electron chi connectivity index (χ0n) is 14.2. The largest absolute Gasteiger partial charge is 0.504 e. The number of aryl methyl sites for hydroxylation is 1. The molecule has 0 amide bonds. The van der Waals surface area contributed by atoms with Gasteiger partial charge in [-0.3, -0.25) is 0 Å². The zero-order valence-corrected chi connectivity index (χ0v) is 14.2. The third-order valence-corrected chi connectivity index (χ3v) is 4.69. The maximum Gasteiger partial charge on any atom is 0.162 e. The molecule has 24 heavy (non-hydrogen) atoms. The number of hydrogen-bond donors (Lipinski definition) is 2. The van der Waals surface area contributed by atoms with Gasteiger partial charge in [0.05, 0.1) is 20.3 Å². The number of phenols is 2. The topological polar surface area (TPSA) is 62.2 Å². The Bertz CT molecular complexity index is 744. The van der Waals surface area contributed by atoms with E-state index in [2.05, 4.69) is 11.8 Å². The van der Waals surface area contributed by atoms with Crippen LogP contribution in [0, 0.1) is 0 Å². The normalized spacial score (nSPS) is 14.9. The van der Waals surface area contributed by atoms with E-state index >= 15 is 0 Å². The van der Waals surface area contributed by atoms with Crippen molar-refractivity contribution in [2.75, 3.05) is 25.7 Å². The lowest BCUT2D eigenvalue weighted by molar-refractivity contribution is 0.372. The van der Waals surface area contributed by atoms with Gasteiger partial charge < -0.3 is 24.6 Å². The fourth-order valence-electron chi connectivity index (χ4n) is 3.34. The third kappa shape index (κ3) is 2.82. The van der Waals surface area contributed by atoms with Gasteiger partial charge in [-0.05, 0) is 49.1 Å². The van der Waals surface area contributed by atoms with Crippen molar-refractivity contribution in [2.45, 2.75) is 25.8 Å². The van der Waals surface area contributed by atoms with Gasteiger partial charge in [-0.2, -0.15) is 0 Å². The molecule has 2 aromatic rings. The van der Waals surface area contributed by atoms with Gasteiger partial charge in [-0.15, -0.1) is 0 Å². The summed E-state index contributed by atoms with van der Waals surface area (Å²) in [6.07, 6.45) is 1.95. The Labute approximate surface area is 142 Å². The first-order valence-electron chi connectivity index (χ1n) is 8.08. The molecule has 0 saturated heterocycles. The van der Waals surface area contributed by atoms with Gasteiger partial charge >= 0.3 is 0 Å². The molecular weight excluding hydrogens is 306 g/mol. The van der Waals surface area contributed by atoms with Gasteiger partial charge in [0.15, 0.2) is 23.0 Å². The van der Waals surface area contributed by atoms with Crippen LogP contribution in [0.3, 0.4) is 0 Å². The maximum atomic E-state index is 10.1. The Morgan fingerprint density at radius 3 is 2.38 bits per heavy atom. The molecule has 128 valence electrons. The lowest BCUT2D eigenvalue weighted by Gasteiger charge is -2.37. The Morgan fingerprint density at radius 2 is 1.71 bits per heavy atom. The van der Waals surface area contributed by atoms with Gasteiger partial charge in [-0.25, -0.2) is 0 Å².